The topological polar surface area (TPSA) is 29.1 Å². The molecule has 0 radical (unpaired) electrons. The van der Waals surface area contributed by atoms with Gasteiger partial charge in [-0.15, -0.1) is 0 Å². The smallest absolute Gasteiger partial charge is 0.377 e. The molecule has 0 unspecified atom stereocenters. The molecule has 2 aromatic carbocycles. The number of para-hydroxylation sites is 1. The molecule has 1 aliphatic rings. The van der Waals surface area contributed by atoms with Crippen molar-refractivity contribution in [2.24, 2.45) is 0 Å². The molecule has 21 heavy (non-hydrogen) atoms. The van der Waals surface area contributed by atoms with Crippen LogP contribution in [0.2, 0.25) is 0 Å². The molecule has 1 atom stereocenters. The summed E-state index contributed by atoms with van der Waals surface area (Å²) in [5.74, 6) is -0.147. The molecular formula is C16H12F3NO. The number of halogens is 3. The van der Waals surface area contributed by atoms with Crippen LogP contribution in [0, 0.1) is 0 Å². The van der Waals surface area contributed by atoms with E-state index in [9.17, 15) is 18.0 Å². The van der Waals surface area contributed by atoms with Crippen LogP contribution in [0.3, 0.4) is 0 Å². The zero-order chi connectivity index (χ0) is 15.0. The number of Topliss-reactive ketones (excluding diaryl/α,β-unsaturated/α-hetero) is 1. The van der Waals surface area contributed by atoms with Gasteiger partial charge >= 0.3 is 6.18 Å². The first-order chi connectivity index (χ1) is 9.97. The van der Waals surface area contributed by atoms with Gasteiger partial charge in [0.05, 0.1) is 11.6 Å². The predicted octanol–water partition coefficient (Wildman–Crippen LogP) is 4.45. The normalized spacial score (nSPS) is 18.0. The summed E-state index contributed by atoms with van der Waals surface area (Å²) in [5.41, 5.74) is 0.511. The number of anilines is 1. The number of benzene rings is 2. The van der Waals surface area contributed by atoms with Gasteiger partial charge < -0.3 is 5.32 Å². The number of alkyl halides is 3. The Morgan fingerprint density at radius 2 is 1.67 bits per heavy atom. The zero-order valence-electron chi connectivity index (χ0n) is 10.9. The maximum absolute atomic E-state index is 13.1. The molecule has 1 aliphatic heterocycles. The first kappa shape index (κ1) is 13.7. The van der Waals surface area contributed by atoms with Crippen molar-refractivity contribution in [1.29, 1.82) is 0 Å². The maximum atomic E-state index is 13.1. The lowest BCUT2D eigenvalue weighted by Crippen LogP contribution is -2.25. The number of fused-ring (bicyclic) bond motifs is 1. The third kappa shape index (κ3) is 2.51. The molecule has 0 saturated carbocycles. The molecule has 1 N–H and O–H groups in total. The Morgan fingerprint density at radius 1 is 1.00 bits per heavy atom. The van der Waals surface area contributed by atoms with Gasteiger partial charge in [0.2, 0.25) is 0 Å². The number of nitrogens with one attached hydrogen (secondary N) is 1. The fourth-order valence-electron chi connectivity index (χ4n) is 2.63. The van der Waals surface area contributed by atoms with Crippen LogP contribution >= 0.6 is 0 Å². The van der Waals surface area contributed by atoms with Crippen LogP contribution in [0.15, 0.2) is 48.5 Å². The summed E-state index contributed by atoms with van der Waals surface area (Å²) in [6, 6.07) is 11.6. The molecule has 1 heterocycles. The largest absolute Gasteiger partial charge is 0.416 e. The van der Waals surface area contributed by atoms with E-state index < -0.39 is 17.8 Å². The molecule has 2 aromatic rings. The van der Waals surface area contributed by atoms with Gasteiger partial charge in [-0.05, 0) is 23.8 Å². The van der Waals surface area contributed by atoms with Gasteiger partial charge in [-0.1, -0.05) is 30.3 Å². The van der Waals surface area contributed by atoms with E-state index in [2.05, 4.69) is 5.32 Å². The fourth-order valence-corrected chi connectivity index (χ4v) is 2.63. The van der Waals surface area contributed by atoms with Crippen LogP contribution in [0.4, 0.5) is 18.9 Å². The van der Waals surface area contributed by atoms with Gasteiger partial charge in [0.1, 0.15) is 0 Å². The third-order valence-electron chi connectivity index (χ3n) is 3.59. The molecule has 3 rings (SSSR count). The fraction of sp³-hybridized carbons (Fsp3) is 0.188. The molecule has 0 fully saturated rings. The molecule has 0 saturated heterocycles. The van der Waals surface area contributed by atoms with E-state index in [1.54, 1.807) is 30.3 Å². The van der Waals surface area contributed by atoms with Crippen LogP contribution in [0.1, 0.15) is 33.9 Å². The molecule has 0 spiro atoms. The average molecular weight is 291 g/mol. The Hall–Kier alpha value is -2.30. The molecule has 108 valence electrons. The van der Waals surface area contributed by atoms with Crippen LogP contribution in [-0.2, 0) is 6.18 Å². The molecule has 0 aromatic heterocycles. The highest BCUT2D eigenvalue weighted by Gasteiger charge is 2.36. The van der Waals surface area contributed by atoms with Crippen molar-refractivity contribution < 1.29 is 18.0 Å². The van der Waals surface area contributed by atoms with Crippen LogP contribution in [0.5, 0.6) is 0 Å². The first-order valence-corrected chi connectivity index (χ1v) is 6.51. The Labute approximate surface area is 119 Å². The summed E-state index contributed by atoms with van der Waals surface area (Å²) >= 11 is 0. The van der Waals surface area contributed by atoms with Crippen LogP contribution in [0.25, 0.3) is 0 Å². The van der Waals surface area contributed by atoms with E-state index in [1.807, 2.05) is 0 Å². The quantitative estimate of drug-likeness (QED) is 0.841. The number of hydrogen-bond donors (Lipinski definition) is 1. The van der Waals surface area contributed by atoms with Gasteiger partial charge in [-0.25, -0.2) is 0 Å². The monoisotopic (exact) mass is 291 g/mol. The Kier molecular flexibility index (Phi) is 3.20. The second kappa shape index (κ2) is 4.91. The standard InChI is InChI=1S/C16H12F3NO/c17-16(18,19)12-7-3-1-5-10(12)14-9-15(21)11-6-2-4-8-13(11)20-14/h1-8,14,20H,9H2/t14-/m1/s1. The number of ketones is 1. The minimum atomic E-state index is -4.43. The van der Waals surface area contributed by atoms with Crippen molar-refractivity contribution in [3.05, 3.63) is 65.2 Å². The van der Waals surface area contributed by atoms with E-state index in [1.165, 1.54) is 12.1 Å². The molecule has 0 amide bonds. The Morgan fingerprint density at radius 3 is 2.43 bits per heavy atom. The molecule has 2 nitrogen and oxygen atoms in total. The van der Waals surface area contributed by atoms with Gasteiger partial charge in [0.25, 0.3) is 0 Å². The van der Waals surface area contributed by atoms with E-state index >= 15 is 0 Å². The van der Waals surface area contributed by atoms with E-state index in [-0.39, 0.29) is 17.8 Å². The molecule has 0 aliphatic carbocycles. The highest BCUT2D eigenvalue weighted by molar-refractivity contribution is 6.03. The summed E-state index contributed by atoms with van der Waals surface area (Å²) in [6.45, 7) is 0. The van der Waals surface area contributed by atoms with Crippen molar-refractivity contribution in [3.8, 4) is 0 Å². The van der Waals surface area contributed by atoms with Crippen molar-refractivity contribution in [3.63, 3.8) is 0 Å². The van der Waals surface area contributed by atoms with Crippen molar-refractivity contribution in [1.82, 2.24) is 0 Å². The summed E-state index contributed by atoms with van der Waals surface area (Å²) < 4.78 is 39.3. The second-order valence-corrected chi connectivity index (χ2v) is 4.95. The SMILES string of the molecule is O=C1C[C@H](c2ccccc2C(F)(F)F)Nc2ccccc21. The lowest BCUT2D eigenvalue weighted by molar-refractivity contribution is -0.138. The second-order valence-electron chi connectivity index (χ2n) is 4.95. The maximum Gasteiger partial charge on any atom is 0.416 e. The van der Waals surface area contributed by atoms with Crippen LogP contribution < -0.4 is 5.32 Å². The highest BCUT2D eigenvalue weighted by Crippen LogP contribution is 2.39. The summed E-state index contributed by atoms with van der Waals surface area (Å²) in [6.07, 6.45) is -4.41. The number of hydrogen-bond acceptors (Lipinski definition) is 2. The Bertz CT molecular complexity index is 694. The molecule has 5 heteroatoms. The van der Waals surface area contributed by atoms with Crippen molar-refractivity contribution in [2.75, 3.05) is 5.32 Å². The lowest BCUT2D eigenvalue weighted by atomic mass is 9.90. The van der Waals surface area contributed by atoms with E-state index in [0.29, 0.717) is 11.3 Å². The Balaban J connectivity index is 2.03. The van der Waals surface area contributed by atoms with Gasteiger partial charge in [0, 0.05) is 17.7 Å². The van der Waals surface area contributed by atoms with Gasteiger partial charge in [0.15, 0.2) is 5.78 Å². The minimum absolute atomic E-state index is 0.0180. The van der Waals surface area contributed by atoms with Gasteiger partial charge in [-0.2, -0.15) is 13.2 Å². The first-order valence-electron chi connectivity index (χ1n) is 6.51. The lowest BCUT2D eigenvalue weighted by Gasteiger charge is -2.28. The van der Waals surface area contributed by atoms with E-state index in [0.717, 1.165) is 6.07 Å². The number of carbonyl (C=O) groups excluding carboxylic acids is 1. The van der Waals surface area contributed by atoms with E-state index in [4.69, 9.17) is 0 Å². The highest BCUT2D eigenvalue weighted by atomic mass is 19.4. The minimum Gasteiger partial charge on any atom is -0.377 e. The zero-order valence-corrected chi connectivity index (χ0v) is 10.9. The van der Waals surface area contributed by atoms with Crippen LogP contribution in [-0.4, -0.2) is 5.78 Å². The summed E-state index contributed by atoms with van der Waals surface area (Å²) in [4.78, 5) is 12.1. The number of carbonyl (C=O) groups is 1. The van der Waals surface area contributed by atoms with Crippen molar-refractivity contribution in [2.45, 2.75) is 18.6 Å². The molecular weight excluding hydrogens is 279 g/mol. The number of rotatable bonds is 1. The molecule has 0 bridgehead atoms. The summed E-state index contributed by atoms with van der Waals surface area (Å²) in [5, 5.41) is 3.04. The average Bonchev–Trinajstić information content (AvgIpc) is 2.46. The van der Waals surface area contributed by atoms with Crippen molar-refractivity contribution >= 4 is 11.5 Å². The predicted molar refractivity (Wildman–Crippen MR) is 73.2 cm³/mol. The summed E-state index contributed by atoms with van der Waals surface area (Å²) in [7, 11) is 0. The third-order valence-corrected chi connectivity index (χ3v) is 3.59. The van der Waals surface area contributed by atoms with Gasteiger partial charge in [-0.3, -0.25) is 4.79 Å².